The number of carboxylic acids is 1. The topological polar surface area (TPSA) is 66.4 Å². The Morgan fingerprint density at radius 1 is 1.35 bits per heavy atom. The zero-order valence-corrected chi connectivity index (χ0v) is 9.44. The first kappa shape index (κ1) is 13.2. The molecule has 0 heterocycles. The van der Waals surface area contributed by atoms with Crippen LogP contribution in [0.4, 0.5) is 4.39 Å². The number of nitrogens with one attached hydrogen (secondary N) is 1. The highest BCUT2D eigenvalue weighted by atomic mass is 19.1. The molecule has 0 radical (unpaired) electrons. The van der Waals surface area contributed by atoms with Gasteiger partial charge < -0.3 is 10.4 Å². The predicted octanol–water partition coefficient (Wildman–Crippen LogP) is 1.52. The van der Waals surface area contributed by atoms with E-state index in [2.05, 4.69) is 5.32 Å². The summed E-state index contributed by atoms with van der Waals surface area (Å²) < 4.78 is 12.7. The molecule has 0 aromatic heterocycles. The maximum Gasteiger partial charge on any atom is 0.311 e. The molecule has 1 aromatic rings. The molecule has 1 amide bonds. The zero-order chi connectivity index (χ0) is 12.8. The molecule has 2 N–H and O–H groups in total. The highest BCUT2D eigenvalue weighted by Crippen LogP contribution is 2.20. The van der Waals surface area contributed by atoms with E-state index in [0.29, 0.717) is 12.1 Å². The van der Waals surface area contributed by atoms with Crippen molar-refractivity contribution >= 4 is 11.9 Å². The van der Waals surface area contributed by atoms with Crippen molar-refractivity contribution in [3.05, 3.63) is 35.6 Å². The lowest BCUT2D eigenvalue weighted by molar-refractivity contribution is -0.140. The van der Waals surface area contributed by atoms with E-state index < -0.39 is 17.7 Å². The zero-order valence-electron chi connectivity index (χ0n) is 9.44. The van der Waals surface area contributed by atoms with Crippen molar-refractivity contribution in [3.63, 3.8) is 0 Å². The molecule has 1 aromatic carbocycles. The van der Waals surface area contributed by atoms with Crippen LogP contribution in [0.15, 0.2) is 24.3 Å². The van der Waals surface area contributed by atoms with Crippen molar-refractivity contribution < 1.29 is 19.1 Å². The predicted molar refractivity (Wildman–Crippen MR) is 60.1 cm³/mol. The molecule has 0 aliphatic heterocycles. The fourth-order valence-corrected chi connectivity index (χ4v) is 1.50. The SMILES string of the molecule is CCNC(=O)CC(C(=O)O)c1ccc(F)cc1. The molecule has 1 unspecified atom stereocenters. The van der Waals surface area contributed by atoms with Gasteiger partial charge in [0.25, 0.3) is 0 Å². The summed E-state index contributed by atoms with van der Waals surface area (Å²) >= 11 is 0. The first-order valence-electron chi connectivity index (χ1n) is 5.29. The fourth-order valence-electron chi connectivity index (χ4n) is 1.50. The number of carboxylic acid groups (broad SMARTS) is 1. The van der Waals surface area contributed by atoms with E-state index in [1.54, 1.807) is 6.92 Å². The largest absolute Gasteiger partial charge is 0.481 e. The normalized spacial score (nSPS) is 11.9. The van der Waals surface area contributed by atoms with Crippen LogP contribution in [0.5, 0.6) is 0 Å². The van der Waals surface area contributed by atoms with Gasteiger partial charge in [-0.2, -0.15) is 0 Å². The Morgan fingerprint density at radius 2 is 1.94 bits per heavy atom. The number of amides is 1. The van der Waals surface area contributed by atoms with Crippen LogP contribution in [-0.2, 0) is 9.59 Å². The third-order valence-corrected chi connectivity index (χ3v) is 2.33. The number of rotatable bonds is 5. The maximum atomic E-state index is 12.7. The molecule has 0 bridgehead atoms. The second-order valence-corrected chi connectivity index (χ2v) is 3.60. The Kier molecular flexibility index (Phi) is 4.63. The molecule has 4 nitrogen and oxygen atoms in total. The molecule has 92 valence electrons. The number of hydrogen-bond acceptors (Lipinski definition) is 2. The van der Waals surface area contributed by atoms with Crippen molar-refractivity contribution in [2.75, 3.05) is 6.54 Å². The second kappa shape index (κ2) is 5.98. The van der Waals surface area contributed by atoms with E-state index in [0.717, 1.165) is 0 Å². The van der Waals surface area contributed by atoms with Crippen molar-refractivity contribution in [2.45, 2.75) is 19.3 Å². The van der Waals surface area contributed by atoms with Crippen LogP contribution in [0.25, 0.3) is 0 Å². The summed E-state index contributed by atoms with van der Waals surface area (Å²) in [4.78, 5) is 22.4. The van der Waals surface area contributed by atoms with E-state index in [4.69, 9.17) is 5.11 Å². The molecule has 0 saturated heterocycles. The van der Waals surface area contributed by atoms with Gasteiger partial charge >= 0.3 is 5.97 Å². The standard InChI is InChI=1S/C12H14FNO3/c1-2-14-11(15)7-10(12(16)17)8-3-5-9(13)6-4-8/h3-6,10H,2,7H2,1H3,(H,14,15)(H,16,17). The van der Waals surface area contributed by atoms with E-state index >= 15 is 0 Å². The van der Waals surface area contributed by atoms with Gasteiger partial charge in [0.15, 0.2) is 0 Å². The summed E-state index contributed by atoms with van der Waals surface area (Å²) in [5.74, 6) is -2.80. The molecular formula is C12H14FNO3. The highest BCUT2D eigenvalue weighted by Gasteiger charge is 2.22. The molecule has 5 heteroatoms. The van der Waals surface area contributed by atoms with Crippen molar-refractivity contribution in [1.29, 1.82) is 0 Å². The van der Waals surface area contributed by atoms with Crippen molar-refractivity contribution in [3.8, 4) is 0 Å². The van der Waals surface area contributed by atoms with Crippen LogP contribution < -0.4 is 5.32 Å². The first-order chi connectivity index (χ1) is 8.04. The minimum Gasteiger partial charge on any atom is -0.481 e. The van der Waals surface area contributed by atoms with E-state index in [1.807, 2.05) is 0 Å². The van der Waals surface area contributed by atoms with Crippen LogP contribution in [0, 0.1) is 5.82 Å². The van der Waals surface area contributed by atoms with Crippen molar-refractivity contribution in [2.24, 2.45) is 0 Å². The van der Waals surface area contributed by atoms with E-state index in [-0.39, 0.29) is 12.3 Å². The molecule has 1 rings (SSSR count). The highest BCUT2D eigenvalue weighted by molar-refractivity contribution is 5.85. The summed E-state index contributed by atoms with van der Waals surface area (Å²) in [5.41, 5.74) is 0.421. The van der Waals surface area contributed by atoms with Gasteiger partial charge in [0.05, 0.1) is 5.92 Å². The van der Waals surface area contributed by atoms with Gasteiger partial charge in [0, 0.05) is 13.0 Å². The monoisotopic (exact) mass is 239 g/mol. The summed E-state index contributed by atoms with van der Waals surface area (Å²) in [6.07, 6.45) is -0.144. The molecule has 0 aliphatic rings. The molecule has 0 fully saturated rings. The Hall–Kier alpha value is -1.91. The van der Waals surface area contributed by atoms with Crippen LogP contribution in [0.2, 0.25) is 0 Å². The smallest absolute Gasteiger partial charge is 0.311 e. The number of carbonyl (C=O) groups is 2. The number of benzene rings is 1. The minimum absolute atomic E-state index is 0.144. The molecule has 17 heavy (non-hydrogen) atoms. The lowest BCUT2D eigenvalue weighted by atomic mass is 9.95. The molecule has 0 saturated carbocycles. The summed E-state index contributed by atoms with van der Waals surface area (Å²) in [6, 6.07) is 5.13. The average molecular weight is 239 g/mol. The number of aliphatic carboxylic acids is 1. The summed E-state index contributed by atoms with van der Waals surface area (Å²) in [7, 11) is 0. The van der Waals surface area contributed by atoms with Crippen LogP contribution in [0.3, 0.4) is 0 Å². The number of carbonyl (C=O) groups excluding carboxylic acids is 1. The summed E-state index contributed by atoms with van der Waals surface area (Å²) in [6.45, 7) is 2.21. The van der Waals surface area contributed by atoms with Gasteiger partial charge in [0.1, 0.15) is 5.82 Å². The van der Waals surface area contributed by atoms with E-state index in [9.17, 15) is 14.0 Å². The Morgan fingerprint density at radius 3 is 2.41 bits per heavy atom. The maximum absolute atomic E-state index is 12.7. The average Bonchev–Trinajstić information content (AvgIpc) is 2.27. The van der Waals surface area contributed by atoms with Crippen LogP contribution in [0.1, 0.15) is 24.8 Å². The van der Waals surface area contributed by atoms with Gasteiger partial charge in [-0.1, -0.05) is 12.1 Å². The quantitative estimate of drug-likeness (QED) is 0.818. The minimum atomic E-state index is -1.09. The molecule has 0 aliphatic carbocycles. The Balaban J connectivity index is 2.82. The van der Waals surface area contributed by atoms with Crippen LogP contribution >= 0.6 is 0 Å². The van der Waals surface area contributed by atoms with Crippen molar-refractivity contribution in [1.82, 2.24) is 5.32 Å². The number of halogens is 1. The van der Waals surface area contributed by atoms with Gasteiger partial charge in [-0.15, -0.1) is 0 Å². The van der Waals surface area contributed by atoms with Gasteiger partial charge in [-0.05, 0) is 24.6 Å². The van der Waals surface area contributed by atoms with Crippen LogP contribution in [-0.4, -0.2) is 23.5 Å². The lowest BCUT2D eigenvalue weighted by Gasteiger charge is -2.12. The van der Waals surface area contributed by atoms with Gasteiger partial charge in [-0.3, -0.25) is 9.59 Å². The molecular weight excluding hydrogens is 225 g/mol. The first-order valence-corrected chi connectivity index (χ1v) is 5.29. The molecule has 0 spiro atoms. The molecule has 1 atom stereocenters. The Labute approximate surface area is 98.5 Å². The third kappa shape index (κ3) is 3.86. The van der Waals surface area contributed by atoms with Gasteiger partial charge in [-0.25, -0.2) is 4.39 Å². The summed E-state index contributed by atoms with van der Waals surface area (Å²) in [5, 5.41) is 11.6. The lowest BCUT2D eigenvalue weighted by Crippen LogP contribution is -2.27. The third-order valence-electron chi connectivity index (χ3n) is 2.33. The fraction of sp³-hybridized carbons (Fsp3) is 0.333. The Bertz CT molecular complexity index is 403. The number of hydrogen-bond donors (Lipinski definition) is 2. The second-order valence-electron chi connectivity index (χ2n) is 3.60. The van der Waals surface area contributed by atoms with Gasteiger partial charge in [0.2, 0.25) is 5.91 Å². The van der Waals surface area contributed by atoms with E-state index in [1.165, 1.54) is 24.3 Å².